The van der Waals surface area contributed by atoms with E-state index in [0.29, 0.717) is 19.0 Å². The second-order valence-electron chi connectivity index (χ2n) is 8.24. The van der Waals surface area contributed by atoms with E-state index >= 15 is 0 Å². The molecule has 6 heteroatoms. The van der Waals surface area contributed by atoms with Crippen molar-refractivity contribution in [3.8, 4) is 5.75 Å². The summed E-state index contributed by atoms with van der Waals surface area (Å²) in [4.78, 5) is 21.8. The molecule has 6 nitrogen and oxygen atoms in total. The molecular weight excluding hydrogens is 330 g/mol. The number of likely N-dealkylation sites (tertiary alicyclic amines) is 1. The highest BCUT2D eigenvalue weighted by atomic mass is 16.6. The lowest BCUT2D eigenvalue weighted by molar-refractivity contribution is 0.0127. The van der Waals surface area contributed by atoms with Crippen LogP contribution >= 0.6 is 0 Å². The van der Waals surface area contributed by atoms with Crippen LogP contribution in [0.4, 0.5) is 4.79 Å². The molecule has 26 heavy (non-hydrogen) atoms. The number of imidazole rings is 1. The van der Waals surface area contributed by atoms with Gasteiger partial charge in [-0.25, -0.2) is 9.78 Å². The predicted molar refractivity (Wildman–Crippen MR) is 102 cm³/mol. The number of ether oxygens (including phenoxy) is 2. The zero-order valence-corrected chi connectivity index (χ0v) is 16.3. The van der Waals surface area contributed by atoms with Crippen molar-refractivity contribution in [1.82, 2.24) is 14.9 Å². The van der Waals surface area contributed by atoms with Crippen molar-refractivity contribution in [1.29, 1.82) is 0 Å². The summed E-state index contributed by atoms with van der Waals surface area (Å²) >= 11 is 0. The van der Waals surface area contributed by atoms with E-state index in [1.54, 1.807) is 4.90 Å². The van der Waals surface area contributed by atoms with E-state index in [4.69, 9.17) is 9.47 Å². The van der Waals surface area contributed by atoms with Crippen LogP contribution in [0.3, 0.4) is 0 Å². The Hall–Kier alpha value is -2.24. The molecule has 0 radical (unpaired) electrons. The third kappa shape index (κ3) is 4.48. The second kappa shape index (κ2) is 7.17. The summed E-state index contributed by atoms with van der Waals surface area (Å²) in [7, 11) is 0. The number of piperidine rings is 1. The van der Waals surface area contributed by atoms with Gasteiger partial charge in [0, 0.05) is 37.9 Å². The molecule has 0 saturated carbocycles. The summed E-state index contributed by atoms with van der Waals surface area (Å²) in [6.45, 7) is 11.2. The topological polar surface area (TPSA) is 67.4 Å². The number of fused-ring (bicyclic) bond motifs is 1. The molecule has 0 spiro atoms. The SMILES string of the molecule is CC(C)c1nc2ccc(OC3CCN(C(=O)OC(C)(C)C)CC3)cc2[nH]1. The monoisotopic (exact) mass is 359 g/mol. The molecular formula is C20H29N3O3. The van der Waals surface area contributed by atoms with Crippen LogP contribution in [-0.2, 0) is 4.74 Å². The van der Waals surface area contributed by atoms with Gasteiger partial charge in [-0.3, -0.25) is 0 Å². The minimum atomic E-state index is -0.460. The van der Waals surface area contributed by atoms with E-state index in [1.165, 1.54) is 0 Å². The lowest BCUT2D eigenvalue weighted by Gasteiger charge is -2.33. The van der Waals surface area contributed by atoms with Gasteiger partial charge in [0.1, 0.15) is 23.3 Å². The first kappa shape index (κ1) is 18.5. The fraction of sp³-hybridized carbons (Fsp3) is 0.600. The molecule has 1 amide bonds. The summed E-state index contributed by atoms with van der Waals surface area (Å²) in [5, 5.41) is 0. The number of carbonyl (C=O) groups excluding carboxylic acids is 1. The second-order valence-corrected chi connectivity index (χ2v) is 8.24. The summed E-state index contributed by atoms with van der Waals surface area (Å²) in [5.41, 5.74) is 1.50. The molecule has 0 bridgehead atoms. The molecule has 1 aromatic heterocycles. The molecule has 1 fully saturated rings. The average molecular weight is 359 g/mol. The molecule has 1 aliphatic rings. The Morgan fingerprint density at radius 3 is 2.58 bits per heavy atom. The van der Waals surface area contributed by atoms with Gasteiger partial charge in [0.25, 0.3) is 0 Å². The molecule has 0 aliphatic carbocycles. The van der Waals surface area contributed by atoms with Gasteiger partial charge in [0.15, 0.2) is 0 Å². The van der Waals surface area contributed by atoms with Gasteiger partial charge in [-0.1, -0.05) is 13.8 Å². The number of aromatic nitrogens is 2. The molecule has 1 aromatic carbocycles. The van der Waals surface area contributed by atoms with Crippen LogP contribution in [0.1, 0.15) is 59.2 Å². The molecule has 1 saturated heterocycles. The largest absolute Gasteiger partial charge is 0.490 e. The van der Waals surface area contributed by atoms with Gasteiger partial charge >= 0.3 is 6.09 Å². The van der Waals surface area contributed by atoms with Gasteiger partial charge in [0.2, 0.25) is 0 Å². The molecule has 3 rings (SSSR count). The molecule has 1 aliphatic heterocycles. The van der Waals surface area contributed by atoms with E-state index < -0.39 is 5.60 Å². The Bertz CT molecular complexity index is 768. The van der Waals surface area contributed by atoms with Crippen LogP contribution in [0.15, 0.2) is 18.2 Å². The van der Waals surface area contributed by atoms with Crippen LogP contribution in [0.25, 0.3) is 11.0 Å². The van der Waals surface area contributed by atoms with E-state index in [9.17, 15) is 4.79 Å². The molecule has 0 atom stereocenters. The molecule has 2 heterocycles. The Labute approximate surface area is 154 Å². The van der Waals surface area contributed by atoms with Crippen LogP contribution in [0.2, 0.25) is 0 Å². The smallest absolute Gasteiger partial charge is 0.410 e. The van der Waals surface area contributed by atoms with Gasteiger partial charge < -0.3 is 19.4 Å². The summed E-state index contributed by atoms with van der Waals surface area (Å²) < 4.78 is 11.6. The minimum Gasteiger partial charge on any atom is -0.490 e. The van der Waals surface area contributed by atoms with Crippen molar-refractivity contribution in [2.24, 2.45) is 0 Å². The fourth-order valence-electron chi connectivity index (χ4n) is 3.03. The van der Waals surface area contributed by atoms with E-state index in [0.717, 1.165) is 35.4 Å². The van der Waals surface area contributed by atoms with Crippen molar-refractivity contribution in [3.05, 3.63) is 24.0 Å². The number of H-pyrrole nitrogens is 1. The zero-order valence-electron chi connectivity index (χ0n) is 16.3. The van der Waals surface area contributed by atoms with Crippen LogP contribution in [0, 0.1) is 0 Å². The molecule has 0 unspecified atom stereocenters. The van der Waals surface area contributed by atoms with Crippen molar-refractivity contribution < 1.29 is 14.3 Å². The van der Waals surface area contributed by atoms with Crippen molar-refractivity contribution in [2.45, 2.75) is 65.1 Å². The first-order valence-electron chi connectivity index (χ1n) is 9.35. The number of aromatic amines is 1. The highest BCUT2D eigenvalue weighted by molar-refractivity contribution is 5.76. The van der Waals surface area contributed by atoms with Crippen LogP contribution in [0.5, 0.6) is 5.75 Å². The van der Waals surface area contributed by atoms with Crippen molar-refractivity contribution in [3.63, 3.8) is 0 Å². The quantitative estimate of drug-likeness (QED) is 0.878. The number of hydrogen-bond donors (Lipinski definition) is 1. The number of carbonyl (C=O) groups is 1. The number of hydrogen-bond acceptors (Lipinski definition) is 4. The normalized spacial score (nSPS) is 16.3. The summed E-state index contributed by atoms with van der Waals surface area (Å²) in [5.74, 6) is 2.19. The number of nitrogens with zero attached hydrogens (tertiary/aromatic N) is 2. The third-order valence-corrected chi connectivity index (χ3v) is 4.41. The number of rotatable bonds is 3. The zero-order chi connectivity index (χ0) is 18.9. The number of benzene rings is 1. The maximum absolute atomic E-state index is 12.1. The lowest BCUT2D eigenvalue weighted by Crippen LogP contribution is -2.44. The number of nitrogens with one attached hydrogen (secondary N) is 1. The third-order valence-electron chi connectivity index (χ3n) is 4.41. The fourth-order valence-corrected chi connectivity index (χ4v) is 3.03. The van der Waals surface area contributed by atoms with Gasteiger partial charge in [-0.2, -0.15) is 0 Å². The van der Waals surface area contributed by atoms with Gasteiger partial charge in [-0.05, 0) is 32.9 Å². The van der Waals surface area contributed by atoms with Crippen LogP contribution in [-0.4, -0.2) is 45.8 Å². The average Bonchev–Trinajstić information content (AvgIpc) is 2.97. The van der Waals surface area contributed by atoms with Crippen LogP contribution < -0.4 is 4.74 Å². The maximum atomic E-state index is 12.1. The molecule has 142 valence electrons. The maximum Gasteiger partial charge on any atom is 0.410 e. The van der Waals surface area contributed by atoms with E-state index in [-0.39, 0.29) is 12.2 Å². The minimum absolute atomic E-state index is 0.110. The first-order valence-corrected chi connectivity index (χ1v) is 9.35. The van der Waals surface area contributed by atoms with Crippen molar-refractivity contribution in [2.75, 3.05) is 13.1 Å². The first-order chi connectivity index (χ1) is 12.2. The van der Waals surface area contributed by atoms with E-state index in [1.807, 2.05) is 39.0 Å². The Morgan fingerprint density at radius 2 is 1.96 bits per heavy atom. The predicted octanol–water partition coefficient (Wildman–Crippen LogP) is 4.46. The molecule has 1 N–H and O–H groups in total. The standard InChI is InChI=1S/C20H29N3O3/c1-13(2)18-21-16-7-6-15(12-17(16)22-18)25-14-8-10-23(11-9-14)19(24)26-20(3,4)5/h6-7,12-14H,8-11H2,1-5H3,(H,21,22). The molecule has 2 aromatic rings. The highest BCUT2D eigenvalue weighted by Crippen LogP contribution is 2.25. The van der Waals surface area contributed by atoms with Gasteiger partial charge in [-0.15, -0.1) is 0 Å². The summed E-state index contributed by atoms with van der Waals surface area (Å²) in [6.07, 6.45) is 1.48. The van der Waals surface area contributed by atoms with E-state index in [2.05, 4.69) is 23.8 Å². The van der Waals surface area contributed by atoms with Crippen molar-refractivity contribution >= 4 is 17.1 Å². The highest BCUT2D eigenvalue weighted by Gasteiger charge is 2.27. The Balaban J connectivity index is 1.57. The lowest BCUT2D eigenvalue weighted by atomic mass is 10.1. The number of amides is 1. The Morgan fingerprint density at radius 1 is 1.27 bits per heavy atom. The Kier molecular flexibility index (Phi) is 5.12. The summed E-state index contributed by atoms with van der Waals surface area (Å²) in [6, 6.07) is 5.96. The van der Waals surface area contributed by atoms with Gasteiger partial charge in [0.05, 0.1) is 11.0 Å².